The minimum absolute atomic E-state index is 0.0286. The molecule has 0 heterocycles. The highest BCUT2D eigenvalue weighted by Gasteiger charge is 2.54. The van der Waals surface area contributed by atoms with Crippen LogP contribution < -0.4 is 10.2 Å². The fourth-order valence-electron chi connectivity index (χ4n) is 21.2. The first kappa shape index (κ1) is 71.4. The maximum atomic E-state index is 6.64. The Morgan fingerprint density at radius 1 is 0.193 bits per heavy atom. The van der Waals surface area contributed by atoms with Gasteiger partial charge in [-0.15, -0.1) is 0 Å². The average Bonchev–Trinajstić information content (AvgIpc) is 1.51. The first-order chi connectivity index (χ1) is 58.5. The zero-order valence-electron chi connectivity index (χ0n) is 66.7. The third kappa shape index (κ3) is 11.1. The Hall–Kier alpha value is -14.2. The van der Waals surface area contributed by atoms with E-state index >= 15 is 0 Å². The predicted molar refractivity (Wildman–Crippen MR) is 498 cm³/mol. The van der Waals surface area contributed by atoms with E-state index in [2.05, 4.69) is 450 Å². The van der Waals surface area contributed by atoms with Crippen LogP contribution in [0, 0.1) is 0 Å². The van der Waals surface area contributed by atoms with Crippen molar-refractivity contribution in [2.45, 2.75) is 49.4 Å². The van der Waals surface area contributed by atoms with Crippen molar-refractivity contribution in [1.82, 2.24) is 0 Å². The van der Waals surface area contributed by atoms with E-state index in [-0.39, 0.29) is 16.2 Å². The van der Waals surface area contributed by atoms with E-state index in [9.17, 15) is 0 Å². The lowest BCUT2D eigenvalue weighted by molar-refractivity contribution is 0.660. The number of hydrogen-bond acceptors (Lipinski definition) is 2. The summed E-state index contributed by atoms with van der Waals surface area (Å²) in [6, 6.07) is 155. The highest BCUT2D eigenvalue weighted by atomic mass is 35.5. The number of fused-ring (bicyclic) bond motifs is 26. The zero-order valence-corrected chi connectivity index (χ0v) is 67.5. The Morgan fingerprint density at radius 3 is 0.916 bits per heavy atom. The molecule has 24 rings (SSSR count). The van der Waals surface area contributed by atoms with Crippen LogP contribution in [0.2, 0.25) is 5.02 Å². The van der Waals surface area contributed by atoms with Crippen LogP contribution in [0.25, 0.3) is 111 Å². The van der Waals surface area contributed by atoms with E-state index in [0.717, 1.165) is 33.5 Å². The molecule has 564 valence electrons. The molecule has 0 fully saturated rings. The summed E-state index contributed by atoms with van der Waals surface area (Å²) in [5.74, 6) is 0. The quantitative estimate of drug-likeness (QED) is 0.155. The number of anilines is 5. The van der Waals surface area contributed by atoms with Crippen molar-refractivity contribution in [3.05, 3.63) is 496 Å². The molecule has 0 aliphatic heterocycles. The van der Waals surface area contributed by atoms with Crippen molar-refractivity contribution in [2.24, 2.45) is 0 Å². The van der Waals surface area contributed by atoms with Gasteiger partial charge in [-0.25, -0.2) is 0 Å². The number of nitrogens with zero attached hydrogens (tertiary/aromatic N) is 1. The molecule has 0 saturated carbocycles. The molecule has 3 heteroatoms. The Kier molecular flexibility index (Phi) is 16.8. The van der Waals surface area contributed by atoms with Crippen LogP contribution in [0.1, 0.15) is 94.5 Å². The van der Waals surface area contributed by atoms with Crippen molar-refractivity contribution in [1.29, 1.82) is 0 Å². The lowest BCUT2D eigenvalue weighted by atomic mass is 9.70. The molecule has 1 N–H and O–H groups in total. The largest absolute Gasteiger partial charge is 0.356 e. The van der Waals surface area contributed by atoms with Crippen LogP contribution in [0.15, 0.2) is 425 Å². The Balaban J connectivity index is 0.000000119. The molecule has 18 aromatic carbocycles. The van der Waals surface area contributed by atoms with Gasteiger partial charge in [0.1, 0.15) is 0 Å². The molecule has 0 amide bonds. The second-order valence-electron chi connectivity index (χ2n) is 33.4. The van der Waals surface area contributed by atoms with Gasteiger partial charge < -0.3 is 10.2 Å². The van der Waals surface area contributed by atoms with Crippen molar-refractivity contribution in [3.63, 3.8) is 0 Å². The van der Waals surface area contributed by atoms with Crippen LogP contribution in [-0.4, -0.2) is 0 Å². The molecule has 0 unspecified atom stereocenters. The minimum Gasteiger partial charge on any atom is -0.356 e. The van der Waals surface area contributed by atoms with E-state index in [1.165, 1.54) is 178 Å². The van der Waals surface area contributed by atoms with Gasteiger partial charge >= 0.3 is 0 Å². The summed E-state index contributed by atoms with van der Waals surface area (Å²) in [4.78, 5) is 2.48. The Morgan fingerprint density at radius 2 is 0.479 bits per heavy atom. The van der Waals surface area contributed by atoms with Crippen molar-refractivity contribution in [2.75, 3.05) is 10.2 Å². The minimum atomic E-state index is -0.483. The normalized spacial score (nSPS) is 14.0. The van der Waals surface area contributed by atoms with E-state index in [0.29, 0.717) is 0 Å². The molecule has 0 aromatic heterocycles. The predicted octanol–water partition coefficient (Wildman–Crippen LogP) is 30.9. The van der Waals surface area contributed by atoms with Gasteiger partial charge in [0.2, 0.25) is 0 Å². The standard InChI is InChI=1S/C58H41N.C31H19Cl.C27H23N/c1-57(2)50-24-12-9-20-45(50)48-34-32-42(36-54(48)57)59(41-30-28-39(29-31-41)38-16-5-3-6-17-38)43-33-35-49-55(37-43)58(51-25-13-10-21-46(51)47-22-11-14-26-52(47)58)53-27-15-23-44(56(49)53)40-18-7-4-8-19-40;32-21-17-18-25-29(19-21)31(26-14-6-4-11-23(26)24-12-5-7-15-27(24)31)28-16-8-13-22(30(25)28)20-9-2-1-3-10-20;1-27(2)25-11-7-6-10-23(25)24-17-16-22(18-26(24)27)28-21-14-12-20(13-15-21)19-8-4-3-5-9-19/h3-37H,1-2H3;1-19H;3-18,28H,1-2H3. The topological polar surface area (TPSA) is 15.3 Å². The Labute approximate surface area is 702 Å². The van der Waals surface area contributed by atoms with E-state index in [1.54, 1.807) is 0 Å². The average molecular weight is 1540 g/mol. The summed E-state index contributed by atoms with van der Waals surface area (Å²) in [6.07, 6.45) is 0. The summed E-state index contributed by atoms with van der Waals surface area (Å²) in [5, 5.41) is 4.35. The zero-order chi connectivity index (χ0) is 79.7. The van der Waals surface area contributed by atoms with Crippen LogP contribution in [-0.2, 0) is 21.7 Å². The lowest BCUT2D eigenvalue weighted by Crippen LogP contribution is -2.26. The molecule has 119 heavy (non-hydrogen) atoms. The second kappa shape index (κ2) is 28.1. The highest BCUT2D eigenvalue weighted by molar-refractivity contribution is 6.31. The molecular weight excluding hydrogens is 1460 g/mol. The van der Waals surface area contributed by atoms with E-state index in [4.69, 9.17) is 11.6 Å². The van der Waals surface area contributed by atoms with Crippen molar-refractivity contribution in [3.8, 4) is 111 Å². The van der Waals surface area contributed by atoms with Crippen LogP contribution in [0.4, 0.5) is 28.4 Å². The first-order valence-corrected chi connectivity index (χ1v) is 41.9. The first-order valence-electron chi connectivity index (χ1n) is 41.5. The molecule has 6 aliphatic carbocycles. The molecule has 0 bridgehead atoms. The van der Waals surface area contributed by atoms with Crippen LogP contribution in [0.3, 0.4) is 0 Å². The monoisotopic (exact) mass is 1540 g/mol. The molecule has 6 aliphatic rings. The van der Waals surface area contributed by atoms with Gasteiger partial charge in [-0.1, -0.05) is 391 Å². The van der Waals surface area contributed by atoms with Crippen LogP contribution in [0.5, 0.6) is 0 Å². The number of hydrogen-bond donors (Lipinski definition) is 1. The van der Waals surface area contributed by atoms with Crippen LogP contribution >= 0.6 is 11.6 Å². The van der Waals surface area contributed by atoms with Crippen molar-refractivity contribution >= 4 is 40.0 Å². The third-order valence-electron chi connectivity index (χ3n) is 26.5. The molecule has 18 aromatic rings. The maximum Gasteiger partial charge on any atom is 0.0726 e. The summed E-state index contributed by atoms with van der Waals surface area (Å²) in [7, 11) is 0. The van der Waals surface area contributed by atoms with Gasteiger partial charge in [-0.05, 0) is 251 Å². The van der Waals surface area contributed by atoms with E-state index < -0.39 is 5.41 Å². The third-order valence-corrected chi connectivity index (χ3v) is 26.8. The summed E-state index contributed by atoms with van der Waals surface area (Å²) in [6.45, 7) is 9.37. The second-order valence-corrected chi connectivity index (χ2v) is 33.9. The fraction of sp³-hybridized carbons (Fsp3) is 0.0690. The summed E-state index contributed by atoms with van der Waals surface area (Å²) in [5.41, 5.74) is 46.7. The lowest BCUT2D eigenvalue weighted by Gasteiger charge is -2.32. The summed E-state index contributed by atoms with van der Waals surface area (Å²) >= 11 is 6.64. The number of rotatable bonds is 9. The summed E-state index contributed by atoms with van der Waals surface area (Å²) < 4.78 is 0. The fourth-order valence-corrected chi connectivity index (χ4v) is 21.4. The van der Waals surface area contributed by atoms with Gasteiger partial charge in [-0.3, -0.25) is 0 Å². The highest BCUT2D eigenvalue weighted by Crippen LogP contribution is 2.67. The van der Waals surface area contributed by atoms with Gasteiger partial charge in [0, 0.05) is 44.3 Å². The van der Waals surface area contributed by atoms with Gasteiger partial charge in [0.25, 0.3) is 0 Å². The molecule has 2 nitrogen and oxygen atoms in total. The molecular formula is C116H83ClN2. The number of nitrogens with one attached hydrogen (secondary N) is 1. The molecule has 0 radical (unpaired) electrons. The number of benzene rings is 18. The van der Waals surface area contributed by atoms with Gasteiger partial charge in [0.15, 0.2) is 0 Å². The smallest absolute Gasteiger partial charge is 0.0726 e. The molecule has 0 saturated heterocycles. The maximum absolute atomic E-state index is 6.64. The van der Waals surface area contributed by atoms with Gasteiger partial charge in [0.05, 0.1) is 10.8 Å². The number of halogens is 1. The SMILES string of the molecule is CC1(C)c2ccccc2-c2ccc(N(c3ccc(-c4ccccc4)cc3)c3ccc4c(c3)C3(c5ccccc5-c5ccccc53)c3cccc(-c5ccccc5)c3-4)cc21.CC1(C)c2ccccc2-c2ccc(Nc3ccc(-c4ccccc4)cc3)cc21.Clc1ccc2c(c1)C1(c3ccccc3-c3ccccc31)c1cccc(-c3ccccc3)c1-2. The Bertz CT molecular complexity index is 6970. The molecule has 2 spiro atoms. The van der Waals surface area contributed by atoms with Crippen molar-refractivity contribution < 1.29 is 0 Å². The molecule has 0 atom stereocenters. The van der Waals surface area contributed by atoms with Gasteiger partial charge in [-0.2, -0.15) is 0 Å². The van der Waals surface area contributed by atoms with E-state index in [1.807, 2.05) is 12.1 Å².